The number of hydrogen-bond donors (Lipinski definition) is 2. The smallest absolute Gasteiger partial charge is 0.307 e. The van der Waals surface area contributed by atoms with Crippen LogP contribution in [0.4, 0.5) is 14.9 Å². The Morgan fingerprint density at radius 2 is 1.84 bits per heavy atom. The molecule has 2 aromatic heterocycles. The van der Waals surface area contributed by atoms with Crippen LogP contribution in [-0.2, 0) is 10.0 Å². The van der Waals surface area contributed by atoms with Gasteiger partial charge in [-0.3, -0.25) is 9.36 Å². The van der Waals surface area contributed by atoms with Crippen LogP contribution in [-0.4, -0.2) is 24.0 Å². The van der Waals surface area contributed by atoms with Crippen molar-refractivity contribution in [2.75, 3.05) is 5.32 Å². The molecule has 164 valence electrons. The van der Waals surface area contributed by atoms with E-state index >= 15 is 0 Å². The summed E-state index contributed by atoms with van der Waals surface area (Å²) in [5.41, 5.74) is 0.675. The zero-order valence-electron chi connectivity index (χ0n) is 16.3. The number of aryl methyl sites for hydroxylation is 1. The number of carbonyl (C=O) groups is 1. The normalized spacial score (nSPS) is 11.5. The molecule has 12 heteroatoms. The number of rotatable bonds is 4. The van der Waals surface area contributed by atoms with Crippen LogP contribution in [0.25, 0.3) is 16.6 Å². The van der Waals surface area contributed by atoms with Gasteiger partial charge in [-0.05, 0) is 61.5 Å². The zero-order valence-corrected chi connectivity index (χ0v) is 18.7. The molecular weight excluding hydrogens is 479 g/mol. The molecule has 0 saturated carbocycles. The largest absolute Gasteiger partial charge is 0.333 e. The molecule has 2 N–H and O–H groups in total. The second kappa shape index (κ2) is 8.34. The molecule has 4 rings (SSSR count). The molecule has 8 nitrogen and oxygen atoms in total. The van der Waals surface area contributed by atoms with Gasteiger partial charge in [0, 0.05) is 5.69 Å². The number of thiophene rings is 1. The van der Waals surface area contributed by atoms with Gasteiger partial charge in [-0.1, -0.05) is 11.6 Å². The molecule has 0 aliphatic carbocycles. The van der Waals surface area contributed by atoms with E-state index in [4.69, 9.17) is 11.6 Å². The number of nitrogens with zero attached hydrogens (tertiary/aromatic N) is 2. The van der Waals surface area contributed by atoms with Gasteiger partial charge in [-0.2, -0.15) is 0 Å². The summed E-state index contributed by atoms with van der Waals surface area (Å²) in [4.78, 5) is 29.3. The van der Waals surface area contributed by atoms with E-state index in [1.165, 1.54) is 41.0 Å². The number of fused-ring (bicyclic) bond motifs is 1. The first kappa shape index (κ1) is 21.9. The molecule has 2 aromatic carbocycles. The average molecular weight is 493 g/mol. The first-order chi connectivity index (χ1) is 15.1. The predicted octanol–water partition coefficient (Wildman–Crippen LogP) is 4.06. The van der Waals surface area contributed by atoms with Crippen molar-refractivity contribution in [3.05, 3.63) is 80.9 Å². The lowest BCUT2D eigenvalue weighted by Gasteiger charge is -2.12. The number of amides is 2. The fourth-order valence-corrected chi connectivity index (χ4v) is 5.43. The second-order valence-corrected chi connectivity index (χ2v) is 10.3. The Hall–Kier alpha value is -3.28. The van der Waals surface area contributed by atoms with Gasteiger partial charge in [0.05, 0.1) is 20.9 Å². The van der Waals surface area contributed by atoms with Crippen LogP contribution >= 0.6 is 22.9 Å². The Labute approximate surface area is 190 Å². The summed E-state index contributed by atoms with van der Waals surface area (Å²) in [6, 6.07) is 11.6. The number of aromatic nitrogens is 2. The summed E-state index contributed by atoms with van der Waals surface area (Å²) >= 11 is 6.56. The van der Waals surface area contributed by atoms with Crippen LogP contribution in [0.5, 0.6) is 0 Å². The van der Waals surface area contributed by atoms with Crippen molar-refractivity contribution in [2.45, 2.75) is 11.1 Å². The molecule has 0 aliphatic heterocycles. The van der Waals surface area contributed by atoms with E-state index in [2.05, 4.69) is 10.3 Å². The highest BCUT2D eigenvalue weighted by Crippen LogP contribution is 2.25. The molecule has 2 amide bonds. The summed E-state index contributed by atoms with van der Waals surface area (Å²) < 4.78 is 41.4. The SMILES string of the molecule is Cc1nc2ccc(F)cc2c(=O)n1-c1ccc(NC(=O)NS(=O)(=O)c2ccc(Cl)s2)cc1. The van der Waals surface area contributed by atoms with Gasteiger partial charge >= 0.3 is 6.03 Å². The highest BCUT2D eigenvalue weighted by Gasteiger charge is 2.20. The molecule has 0 fully saturated rings. The van der Waals surface area contributed by atoms with Crippen molar-refractivity contribution < 1.29 is 17.6 Å². The highest BCUT2D eigenvalue weighted by molar-refractivity contribution is 7.92. The lowest BCUT2D eigenvalue weighted by atomic mass is 10.2. The van der Waals surface area contributed by atoms with Gasteiger partial charge in [0.1, 0.15) is 15.9 Å². The van der Waals surface area contributed by atoms with E-state index in [-0.39, 0.29) is 19.6 Å². The van der Waals surface area contributed by atoms with E-state index in [1.54, 1.807) is 19.1 Å². The topological polar surface area (TPSA) is 110 Å². The van der Waals surface area contributed by atoms with Gasteiger partial charge < -0.3 is 5.32 Å². The van der Waals surface area contributed by atoms with Crippen LogP contribution in [0.1, 0.15) is 5.82 Å². The van der Waals surface area contributed by atoms with Gasteiger partial charge in [0.15, 0.2) is 0 Å². The number of anilines is 1. The molecule has 0 aliphatic rings. The summed E-state index contributed by atoms with van der Waals surface area (Å²) in [5.74, 6) is -0.148. The predicted molar refractivity (Wildman–Crippen MR) is 121 cm³/mol. The number of nitrogens with one attached hydrogen (secondary N) is 2. The zero-order chi connectivity index (χ0) is 23.0. The van der Waals surface area contributed by atoms with E-state index in [1.807, 2.05) is 4.72 Å². The second-order valence-electron chi connectivity index (χ2n) is 6.63. The maximum atomic E-state index is 13.6. The number of hydrogen-bond acceptors (Lipinski definition) is 6. The first-order valence-electron chi connectivity index (χ1n) is 9.02. The van der Waals surface area contributed by atoms with Crippen LogP contribution in [0.3, 0.4) is 0 Å². The van der Waals surface area contributed by atoms with Crippen molar-refractivity contribution in [1.29, 1.82) is 0 Å². The third-order valence-electron chi connectivity index (χ3n) is 4.42. The molecule has 32 heavy (non-hydrogen) atoms. The average Bonchev–Trinajstić information content (AvgIpc) is 3.17. The minimum atomic E-state index is -4.06. The maximum absolute atomic E-state index is 13.6. The van der Waals surface area contributed by atoms with Crippen LogP contribution < -0.4 is 15.6 Å². The maximum Gasteiger partial charge on any atom is 0.333 e. The van der Waals surface area contributed by atoms with Crippen molar-refractivity contribution in [2.24, 2.45) is 0 Å². The molecule has 0 unspecified atom stereocenters. The highest BCUT2D eigenvalue weighted by atomic mass is 35.5. The molecule has 0 bridgehead atoms. The van der Waals surface area contributed by atoms with E-state index in [0.29, 0.717) is 17.0 Å². The standard InChI is InChI=1S/C20H14ClFN4O4S2/c1-11-23-16-7-2-12(22)10-15(16)19(27)26(11)14-5-3-13(4-6-14)24-20(28)25-32(29,30)18-9-8-17(21)31-18/h2-10H,1H3,(H2,24,25,28). The van der Waals surface area contributed by atoms with Crippen LogP contribution in [0.2, 0.25) is 4.34 Å². The lowest BCUT2D eigenvalue weighted by molar-refractivity contribution is 0.256. The van der Waals surface area contributed by atoms with Crippen LogP contribution in [0, 0.1) is 12.7 Å². The van der Waals surface area contributed by atoms with Gasteiger partial charge in [-0.15, -0.1) is 11.3 Å². The van der Waals surface area contributed by atoms with Crippen LogP contribution in [0.15, 0.2) is 63.6 Å². The molecule has 0 atom stereocenters. The lowest BCUT2D eigenvalue weighted by Crippen LogP contribution is -2.33. The van der Waals surface area contributed by atoms with Gasteiger partial charge in [0.2, 0.25) is 0 Å². The van der Waals surface area contributed by atoms with Crippen molar-refractivity contribution >= 4 is 55.6 Å². The van der Waals surface area contributed by atoms with E-state index in [0.717, 1.165) is 17.4 Å². The Morgan fingerprint density at radius 1 is 1.12 bits per heavy atom. The third-order valence-corrected chi connectivity index (χ3v) is 7.48. The summed E-state index contributed by atoms with van der Waals surface area (Å²) in [5, 5.41) is 2.54. The number of benzene rings is 2. The minimum absolute atomic E-state index is 0.0944. The Kier molecular flexibility index (Phi) is 5.71. The fraction of sp³-hybridized carbons (Fsp3) is 0.0500. The Bertz CT molecular complexity index is 1520. The summed E-state index contributed by atoms with van der Waals surface area (Å²) in [6.45, 7) is 1.64. The number of sulfonamides is 1. The number of carbonyl (C=O) groups excluding carboxylic acids is 1. The Morgan fingerprint density at radius 3 is 2.50 bits per heavy atom. The molecular formula is C20H14ClFN4O4S2. The van der Waals surface area contributed by atoms with E-state index < -0.39 is 27.4 Å². The van der Waals surface area contributed by atoms with Gasteiger partial charge in [-0.25, -0.2) is 27.3 Å². The van der Waals surface area contributed by atoms with E-state index in [9.17, 15) is 22.4 Å². The van der Waals surface area contributed by atoms with Crippen molar-refractivity contribution in [3.63, 3.8) is 0 Å². The monoisotopic (exact) mass is 492 g/mol. The molecule has 0 saturated heterocycles. The minimum Gasteiger partial charge on any atom is -0.307 e. The molecule has 0 radical (unpaired) electrons. The quantitative estimate of drug-likeness (QED) is 0.446. The van der Waals surface area contributed by atoms with Gasteiger partial charge in [0.25, 0.3) is 15.6 Å². The third kappa shape index (κ3) is 4.35. The summed E-state index contributed by atoms with van der Waals surface area (Å²) in [7, 11) is -4.06. The van der Waals surface area contributed by atoms with Crippen molar-refractivity contribution in [3.8, 4) is 5.69 Å². The number of halogens is 2. The molecule has 2 heterocycles. The molecule has 0 spiro atoms. The molecule has 4 aromatic rings. The summed E-state index contributed by atoms with van der Waals surface area (Å²) in [6.07, 6.45) is 0. The fourth-order valence-electron chi connectivity index (χ4n) is 3.04. The first-order valence-corrected chi connectivity index (χ1v) is 11.7. The number of urea groups is 1. The Balaban J connectivity index is 1.56. The van der Waals surface area contributed by atoms with Crippen molar-refractivity contribution in [1.82, 2.24) is 14.3 Å².